The molecule has 1 atom stereocenters. The fourth-order valence-corrected chi connectivity index (χ4v) is 2.25. The van der Waals surface area contributed by atoms with Crippen LogP contribution in [0.15, 0.2) is 30.4 Å². The average Bonchev–Trinajstić information content (AvgIpc) is 2.52. The van der Waals surface area contributed by atoms with E-state index in [9.17, 15) is 4.79 Å². The van der Waals surface area contributed by atoms with Crippen molar-refractivity contribution in [2.75, 3.05) is 20.8 Å². The van der Waals surface area contributed by atoms with Gasteiger partial charge in [-0.25, -0.2) is 4.79 Å². The number of ether oxygens (including phenoxy) is 3. The molecule has 0 aliphatic heterocycles. The fourth-order valence-electron chi connectivity index (χ4n) is 2.25. The molecular weight excluding hydrogens is 256 g/mol. The Kier molecular flexibility index (Phi) is 5.04. The first-order valence-corrected chi connectivity index (χ1v) is 6.78. The first-order valence-electron chi connectivity index (χ1n) is 6.78. The van der Waals surface area contributed by atoms with Gasteiger partial charge in [0.2, 0.25) is 0 Å². The number of carbonyl (C=O) groups is 1. The highest BCUT2D eigenvalue weighted by Gasteiger charge is 2.17. The normalized spacial score (nSPS) is 17.6. The Labute approximate surface area is 119 Å². The molecule has 2 rings (SSSR count). The van der Waals surface area contributed by atoms with E-state index in [4.69, 9.17) is 14.2 Å². The monoisotopic (exact) mass is 276 g/mol. The van der Waals surface area contributed by atoms with E-state index >= 15 is 0 Å². The molecular formula is C16H20O4. The van der Waals surface area contributed by atoms with Crippen molar-refractivity contribution >= 4 is 5.97 Å². The van der Waals surface area contributed by atoms with E-state index in [0.717, 1.165) is 19.3 Å². The van der Waals surface area contributed by atoms with Crippen molar-refractivity contribution in [3.05, 3.63) is 35.9 Å². The van der Waals surface area contributed by atoms with E-state index in [1.165, 1.54) is 7.11 Å². The van der Waals surface area contributed by atoms with Gasteiger partial charge in [-0.1, -0.05) is 12.2 Å². The lowest BCUT2D eigenvalue weighted by atomic mass is 9.95. The van der Waals surface area contributed by atoms with Crippen LogP contribution in [0, 0.1) is 5.92 Å². The number of allylic oxidation sites excluding steroid dienone is 2. The number of hydrogen-bond donors (Lipinski definition) is 0. The van der Waals surface area contributed by atoms with Crippen molar-refractivity contribution in [3.63, 3.8) is 0 Å². The SMILES string of the molecule is COc1ccc(C(=O)OCC2CC=CCC2)c(OC)c1. The molecule has 1 aromatic rings. The fraction of sp³-hybridized carbons (Fsp3) is 0.438. The lowest BCUT2D eigenvalue weighted by Gasteiger charge is -2.18. The Hall–Kier alpha value is -1.97. The molecule has 0 fully saturated rings. The molecule has 0 spiro atoms. The van der Waals surface area contributed by atoms with Gasteiger partial charge in [0.05, 0.1) is 20.8 Å². The van der Waals surface area contributed by atoms with Crippen molar-refractivity contribution < 1.29 is 19.0 Å². The largest absolute Gasteiger partial charge is 0.497 e. The van der Waals surface area contributed by atoms with E-state index in [1.54, 1.807) is 25.3 Å². The van der Waals surface area contributed by atoms with Crippen molar-refractivity contribution in [2.24, 2.45) is 5.92 Å². The molecule has 20 heavy (non-hydrogen) atoms. The summed E-state index contributed by atoms with van der Waals surface area (Å²) < 4.78 is 15.7. The number of methoxy groups -OCH3 is 2. The van der Waals surface area contributed by atoms with Crippen LogP contribution in [0.25, 0.3) is 0 Å². The maximum absolute atomic E-state index is 12.1. The van der Waals surface area contributed by atoms with Gasteiger partial charge in [0, 0.05) is 6.07 Å². The summed E-state index contributed by atoms with van der Waals surface area (Å²) in [7, 11) is 3.10. The Bertz CT molecular complexity index is 493. The first-order chi connectivity index (χ1) is 9.74. The smallest absolute Gasteiger partial charge is 0.341 e. The van der Waals surface area contributed by atoms with Gasteiger partial charge in [-0.3, -0.25) is 0 Å². The Morgan fingerprint density at radius 3 is 2.75 bits per heavy atom. The first kappa shape index (κ1) is 14.4. The Morgan fingerprint density at radius 1 is 1.25 bits per heavy atom. The van der Waals surface area contributed by atoms with E-state index in [1.807, 2.05) is 0 Å². The zero-order chi connectivity index (χ0) is 14.4. The van der Waals surface area contributed by atoms with Crippen LogP contribution in [0.4, 0.5) is 0 Å². The van der Waals surface area contributed by atoms with Gasteiger partial charge in [-0.15, -0.1) is 0 Å². The average molecular weight is 276 g/mol. The Balaban J connectivity index is 1.99. The van der Waals surface area contributed by atoms with Gasteiger partial charge in [0.15, 0.2) is 0 Å². The van der Waals surface area contributed by atoms with Crippen molar-refractivity contribution in [2.45, 2.75) is 19.3 Å². The van der Waals surface area contributed by atoms with Crippen LogP contribution < -0.4 is 9.47 Å². The molecule has 0 N–H and O–H groups in total. The molecule has 0 aromatic heterocycles. The summed E-state index contributed by atoms with van der Waals surface area (Å²) in [5.74, 6) is 1.20. The zero-order valence-electron chi connectivity index (χ0n) is 11.9. The summed E-state index contributed by atoms with van der Waals surface area (Å²) in [6.07, 6.45) is 7.44. The minimum absolute atomic E-state index is 0.348. The molecule has 1 unspecified atom stereocenters. The van der Waals surface area contributed by atoms with Crippen molar-refractivity contribution in [1.29, 1.82) is 0 Å². The van der Waals surface area contributed by atoms with Gasteiger partial charge in [-0.05, 0) is 37.3 Å². The highest BCUT2D eigenvalue weighted by Crippen LogP contribution is 2.26. The summed E-state index contributed by atoms with van der Waals surface area (Å²) in [6, 6.07) is 5.07. The van der Waals surface area contributed by atoms with Gasteiger partial charge in [0.25, 0.3) is 0 Å². The highest BCUT2D eigenvalue weighted by atomic mass is 16.5. The molecule has 1 aliphatic rings. The number of esters is 1. The van der Waals surface area contributed by atoms with Crippen LogP contribution in [0.1, 0.15) is 29.6 Å². The van der Waals surface area contributed by atoms with Gasteiger partial charge >= 0.3 is 5.97 Å². The predicted molar refractivity (Wildman–Crippen MR) is 76.3 cm³/mol. The van der Waals surface area contributed by atoms with Crippen LogP contribution in [-0.2, 0) is 4.74 Å². The van der Waals surface area contributed by atoms with Crippen molar-refractivity contribution in [3.8, 4) is 11.5 Å². The van der Waals surface area contributed by atoms with Gasteiger partial charge in [0.1, 0.15) is 17.1 Å². The van der Waals surface area contributed by atoms with Gasteiger partial charge in [-0.2, -0.15) is 0 Å². The molecule has 0 amide bonds. The molecule has 0 saturated carbocycles. The number of carbonyl (C=O) groups excluding carboxylic acids is 1. The molecule has 1 aliphatic carbocycles. The second kappa shape index (κ2) is 6.98. The predicted octanol–water partition coefficient (Wildman–Crippen LogP) is 3.22. The lowest BCUT2D eigenvalue weighted by molar-refractivity contribution is 0.0428. The topological polar surface area (TPSA) is 44.8 Å². The maximum Gasteiger partial charge on any atom is 0.341 e. The molecule has 4 heteroatoms. The molecule has 0 bridgehead atoms. The standard InChI is InChI=1S/C16H20O4/c1-18-13-8-9-14(15(10-13)19-2)16(17)20-11-12-6-4-3-5-7-12/h3-4,8-10,12H,5-7,11H2,1-2H3. The third-order valence-electron chi connectivity index (χ3n) is 3.46. The minimum atomic E-state index is -0.348. The quantitative estimate of drug-likeness (QED) is 0.612. The van der Waals surface area contributed by atoms with E-state index in [2.05, 4.69) is 12.2 Å². The third kappa shape index (κ3) is 3.53. The number of rotatable bonds is 5. The van der Waals surface area contributed by atoms with Crippen LogP contribution in [0.3, 0.4) is 0 Å². The maximum atomic E-state index is 12.1. The minimum Gasteiger partial charge on any atom is -0.497 e. The van der Waals surface area contributed by atoms with Crippen LogP contribution in [0.5, 0.6) is 11.5 Å². The summed E-state index contributed by atoms with van der Waals surface area (Å²) in [5, 5.41) is 0. The molecule has 0 radical (unpaired) electrons. The Morgan fingerprint density at radius 2 is 2.10 bits per heavy atom. The second-order valence-corrected chi connectivity index (χ2v) is 4.82. The molecule has 0 heterocycles. The number of hydrogen-bond acceptors (Lipinski definition) is 4. The molecule has 0 saturated heterocycles. The second-order valence-electron chi connectivity index (χ2n) is 4.82. The van der Waals surface area contributed by atoms with E-state index in [0.29, 0.717) is 29.6 Å². The van der Waals surface area contributed by atoms with Crippen LogP contribution >= 0.6 is 0 Å². The van der Waals surface area contributed by atoms with Crippen LogP contribution in [0.2, 0.25) is 0 Å². The number of benzene rings is 1. The molecule has 1 aromatic carbocycles. The van der Waals surface area contributed by atoms with Gasteiger partial charge < -0.3 is 14.2 Å². The van der Waals surface area contributed by atoms with E-state index in [-0.39, 0.29) is 5.97 Å². The molecule has 4 nitrogen and oxygen atoms in total. The summed E-state index contributed by atoms with van der Waals surface area (Å²) in [5.41, 5.74) is 0.430. The summed E-state index contributed by atoms with van der Waals surface area (Å²) in [6.45, 7) is 0.457. The summed E-state index contributed by atoms with van der Waals surface area (Å²) in [4.78, 5) is 12.1. The third-order valence-corrected chi connectivity index (χ3v) is 3.46. The van der Waals surface area contributed by atoms with E-state index < -0.39 is 0 Å². The molecule has 108 valence electrons. The lowest BCUT2D eigenvalue weighted by Crippen LogP contribution is -2.15. The van der Waals surface area contributed by atoms with Crippen LogP contribution in [-0.4, -0.2) is 26.8 Å². The zero-order valence-corrected chi connectivity index (χ0v) is 11.9. The van der Waals surface area contributed by atoms with Crippen molar-refractivity contribution in [1.82, 2.24) is 0 Å². The highest BCUT2D eigenvalue weighted by molar-refractivity contribution is 5.92. The summed E-state index contributed by atoms with van der Waals surface area (Å²) >= 11 is 0.